The predicted molar refractivity (Wildman–Crippen MR) is 128 cm³/mol. The Labute approximate surface area is 199 Å². The number of hydrogen-bond donors (Lipinski definition) is 0. The third kappa shape index (κ3) is 4.41. The maximum Gasteiger partial charge on any atom is 0.342 e. The van der Waals surface area contributed by atoms with Crippen molar-refractivity contribution in [2.45, 2.75) is 25.2 Å². The van der Waals surface area contributed by atoms with Gasteiger partial charge in [0, 0.05) is 12.1 Å². The first-order valence-corrected chi connectivity index (χ1v) is 12.2. The lowest BCUT2D eigenvalue weighted by atomic mass is 10.0. The smallest absolute Gasteiger partial charge is 0.342 e. The van der Waals surface area contributed by atoms with Crippen LogP contribution in [0.3, 0.4) is 0 Å². The Morgan fingerprint density at radius 2 is 1.74 bits per heavy atom. The van der Waals surface area contributed by atoms with Crippen molar-refractivity contribution < 1.29 is 27.5 Å². The molecule has 176 valence electrons. The van der Waals surface area contributed by atoms with Crippen LogP contribution in [0.4, 0.5) is 5.69 Å². The average Bonchev–Trinajstić information content (AvgIpc) is 3.28. The number of rotatable bonds is 7. The normalized spacial score (nSPS) is 12.9. The van der Waals surface area contributed by atoms with Crippen LogP contribution in [0.25, 0.3) is 0 Å². The van der Waals surface area contributed by atoms with E-state index in [1.807, 2.05) is 32.0 Å². The van der Waals surface area contributed by atoms with Crippen molar-refractivity contribution in [3.63, 3.8) is 0 Å². The number of anilines is 1. The van der Waals surface area contributed by atoms with Gasteiger partial charge >= 0.3 is 5.97 Å². The highest BCUT2D eigenvalue weighted by Gasteiger charge is 2.32. The van der Waals surface area contributed by atoms with Crippen molar-refractivity contribution in [3.8, 4) is 5.75 Å². The van der Waals surface area contributed by atoms with Crippen LogP contribution in [0.5, 0.6) is 5.75 Å². The zero-order valence-electron chi connectivity index (χ0n) is 19.2. The highest BCUT2D eigenvalue weighted by atomic mass is 32.2. The van der Waals surface area contributed by atoms with Crippen LogP contribution in [0.2, 0.25) is 0 Å². The summed E-state index contributed by atoms with van der Waals surface area (Å²) in [6, 6.07) is 16.6. The molecule has 0 amide bonds. The number of carbonyl (C=O) groups is 2. The fourth-order valence-corrected chi connectivity index (χ4v) is 5.43. The third-order valence-electron chi connectivity index (χ3n) is 5.99. The molecule has 0 bridgehead atoms. The maximum absolute atomic E-state index is 13.4. The summed E-state index contributed by atoms with van der Waals surface area (Å²) in [5.74, 6) is -1.04. The molecule has 1 aliphatic heterocycles. The first-order valence-electron chi connectivity index (χ1n) is 10.8. The van der Waals surface area contributed by atoms with Gasteiger partial charge in [0.05, 0.1) is 17.7 Å². The van der Waals surface area contributed by atoms with Gasteiger partial charge in [0.1, 0.15) is 11.3 Å². The quantitative estimate of drug-likeness (QED) is 0.374. The van der Waals surface area contributed by atoms with E-state index in [2.05, 4.69) is 0 Å². The molecule has 0 aliphatic carbocycles. The van der Waals surface area contributed by atoms with Gasteiger partial charge in [0.2, 0.25) is 0 Å². The van der Waals surface area contributed by atoms with E-state index in [1.165, 1.54) is 29.6 Å². The van der Waals surface area contributed by atoms with Gasteiger partial charge in [-0.15, -0.1) is 0 Å². The molecule has 7 nitrogen and oxygen atoms in total. The second-order valence-corrected chi connectivity index (χ2v) is 9.98. The van der Waals surface area contributed by atoms with E-state index in [-0.39, 0.29) is 22.0 Å². The number of carbonyl (C=O) groups excluding carboxylic acids is 2. The monoisotopic (exact) mass is 479 g/mol. The van der Waals surface area contributed by atoms with Crippen LogP contribution in [0, 0.1) is 13.8 Å². The molecular weight excluding hydrogens is 454 g/mol. The summed E-state index contributed by atoms with van der Waals surface area (Å²) >= 11 is 0. The number of sulfonamides is 1. The summed E-state index contributed by atoms with van der Waals surface area (Å²) in [6.45, 7) is 3.68. The number of para-hydroxylation sites is 1. The summed E-state index contributed by atoms with van der Waals surface area (Å²) in [5.41, 5.74) is 3.96. The standard InChI is InChI=1S/C26H25NO6S/c1-17-8-9-20(14-18(17)2)24(28)16-33-26(29)22-15-21(10-11-25(22)32-3)34(30,31)27-13-12-19-6-4-5-7-23(19)27/h4-11,14-15H,12-13,16H2,1-3H3. The zero-order chi connectivity index (χ0) is 24.5. The minimum atomic E-state index is -3.91. The Hall–Kier alpha value is -3.65. The Morgan fingerprint density at radius 3 is 2.47 bits per heavy atom. The molecule has 3 aromatic rings. The largest absolute Gasteiger partial charge is 0.496 e. The fourth-order valence-electron chi connectivity index (χ4n) is 3.90. The molecule has 0 N–H and O–H groups in total. The van der Waals surface area contributed by atoms with Crippen LogP contribution < -0.4 is 9.04 Å². The molecule has 0 fully saturated rings. The van der Waals surface area contributed by atoms with Gasteiger partial charge in [0.15, 0.2) is 12.4 Å². The van der Waals surface area contributed by atoms with E-state index in [9.17, 15) is 18.0 Å². The molecule has 0 spiro atoms. The molecule has 34 heavy (non-hydrogen) atoms. The molecule has 0 saturated carbocycles. The molecule has 4 rings (SSSR count). The maximum atomic E-state index is 13.4. The lowest BCUT2D eigenvalue weighted by molar-refractivity contribution is 0.0471. The number of esters is 1. The fraction of sp³-hybridized carbons (Fsp3) is 0.231. The lowest BCUT2D eigenvalue weighted by Gasteiger charge is -2.20. The van der Waals surface area contributed by atoms with E-state index in [0.717, 1.165) is 16.7 Å². The van der Waals surface area contributed by atoms with Crippen LogP contribution >= 0.6 is 0 Å². The summed E-state index contributed by atoms with van der Waals surface area (Å²) in [6.07, 6.45) is 0.612. The summed E-state index contributed by atoms with van der Waals surface area (Å²) in [5, 5.41) is 0. The second kappa shape index (κ2) is 9.30. The Balaban J connectivity index is 1.57. The van der Waals surface area contributed by atoms with Crippen LogP contribution in [0.1, 0.15) is 37.4 Å². The molecule has 3 aromatic carbocycles. The number of Topliss-reactive ketones (excluding diaryl/α,β-unsaturated/α-hetero) is 1. The van der Waals surface area contributed by atoms with Crippen molar-refractivity contribution in [1.82, 2.24) is 0 Å². The summed E-state index contributed by atoms with van der Waals surface area (Å²) in [4.78, 5) is 25.3. The van der Waals surface area contributed by atoms with E-state index in [1.54, 1.807) is 24.3 Å². The molecular formula is C26H25NO6S. The van der Waals surface area contributed by atoms with Gasteiger partial charge in [-0.25, -0.2) is 13.2 Å². The molecule has 1 aliphatic rings. The molecule has 0 saturated heterocycles. The van der Waals surface area contributed by atoms with Gasteiger partial charge < -0.3 is 9.47 Å². The first kappa shape index (κ1) is 23.5. The molecule has 0 unspecified atom stereocenters. The summed E-state index contributed by atoms with van der Waals surface area (Å²) in [7, 11) is -2.54. The minimum absolute atomic E-state index is 0.0579. The van der Waals surface area contributed by atoms with Gasteiger partial charge in [-0.1, -0.05) is 30.3 Å². The van der Waals surface area contributed by atoms with E-state index >= 15 is 0 Å². The van der Waals surface area contributed by atoms with Crippen molar-refractivity contribution in [2.75, 3.05) is 24.6 Å². The van der Waals surface area contributed by atoms with E-state index in [4.69, 9.17) is 9.47 Å². The highest BCUT2D eigenvalue weighted by Crippen LogP contribution is 2.34. The van der Waals surface area contributed by atoms with Gasteiger partial charge in [0.25, 0.3) is 10.0 Å². The molecule has 1 heterocycles. The lowest BCUT2D eigenvalue weighted by Crippen LogP contribution is -2.29. The number of methoxy groups -OCH3 is 1. The topological polar surface area (TPSA) is 90.0 Å². The number of aryl methyl sites for hydroxylation is 2. The van der Waals surface area contributed by atoms with Crippen molar-refractivity contribution in [2.24, 2.45) is 0 Å². The number of benzene rings is 3. The molecule has 0 atom stereocenters. The third-order valence-corrected chi connectivity index (χ3v) is 7.80. The number of ketones is 1. The Morgan fingerprint density at radius 1 is 0.971 bits per heavy atom. The predicted octanol–water partition coefficient (Wildman–Crippen LogP) is 4.10. The minimum Gasteiger partial charge on any atom is -0.496 e. The second-order valence-electron chi connectivity index (χ2n) is 8.12. The molecule has 0 aromatic heterocycles. The van der Waals surface area contributed by atoms with Crippen molar-refractivity contribution in [3.05, 3.63) is 88.5 Å². The van der Waals surface area contributed by atoms with Gasteiger partial charge in [-0.2, -0.15) is 0 Å². The number of nitrogens with zero attached hydrogens (tertiary/aromatic N) is 1. The molecule has 8 heteroatoms. The van der Waals surface area contributed by atoms with E-state index in [0.29, 0.717) is 24.2 Å². The van der Waals surface area contributed by atoms with Crippen molar-refractivity contribution >= 4 is 27.5 Å². The molecule has 0 radical (unpaired) electrons. The van der Waals surface area contributed by atoms with Gasteiger partial charge in [-0.05, 0) is 67.3 Å². The SMILES string of the molecule is COc1ccc(S(=O)(=O)N2CCc3ccccc32)cc1C(=O)OCC(=O)c1ccc(C)c(C)c1. The zero-order valence-corrected chi connectivity index (χ0v) is 20.0. The number of ether oxygens (including phenoxy) is 2. The number of fused-ring (bicyclic) bond motifs is 1. The summed E-state index contributed by atoms with van der Waals surface area (Å²) < 4.78 is 38.5. The van der Waals surface area contributed by atoms with Crippen LogP contribution in [-0.2, 0) is 21.2 Å². The number of hydrogen-bond acceptors (Lipinski definition) is 6. The van der Waals surface area contributed by atoms with Gasteiger partial charge in [-0.3, -0.25) is 9.10 Å². The van der Waals surface area contributed by atoms with Crippen molar-refractivity contribution in [1.29, 1.82) is 0 Å². The van der Waals surface area contributed by atoms with Crippen LogP contribution in [-0.4, -0.2) is 40.4 Å². The average molecular weight is 480 g/mol. The Bertz CT molecular complexity index is 1380. The highest BCUT2D eigenvalue weighted by molar-refractivity contribution is 7.92. The first-order chi connectivity index (χ1) is 16.2. The Kier molecular flexibility index (Phi) is 6.43. The van der Waals surface area contributed by atoms with Crippen LogP contribution in [0.15, 0.2) is 65.6 Å². The van der Waals surface area contributed by atoms with E-state index < -0.39 is 22.6 Å².